The third-order valence-corrected chi connectivity index (χ3v) is 2.81. The van der Waals surface area contributed by atoms with Gasteiger partial charge in [-0.2, -0.15) is 0 Å². The van der Waals surface area contributed by atoms with Crippen LogP contribution in [0.15, 0.2) is 0 Å². The molecule has 1 unspecified atom stereocenters. The second-order valence-corrected chi connectivity index (χ2v) is 4.53. The van der Waals surface area contributed by atoms with Crippen LogP contribution in [0.1, 0.15) is 26.2 Å². The van der Waals surface area contributed by atoms with E-state index in [9.17, 15) is 4.79 Å². The van der Waals surface area contributed by atoms with Gasteiger partial charge >= 0.3 is 0 Å². The molecule has 0 spiro atoms. The van der Waals surface area contributed by atoms with Crippen LogP contribution in [0.5, 0.6) is 0 Å². The van der Waals surface area contributed by atoms with Gasteiger partial charge in [-0.3, -0.25) is 4.79 Å². The van der Waals surface area contributed by atoms with Gasteiger partial charge in [0.15, 0.2) is 0 Å². The number of hydrogen-bond donors (Lipinski definition) is 2. The van der Waals surface area contributed by atoms with Crippen molar-refractivity contribution in [1.29, 1.82) is 0 Å². The van der Waals surface area contributed by atoms with E-state index in [1.807, 2.05) is 0 Å². The molecule has 0 radical (unpaired) electrons. The highest BCUT2D eigenvalue weighted by Gasteiger charge is 2.14. The number of nitrogens with one attached hydrogen (secondary N) is 1. The lowest BCUT2D eigenvalue weighted by Gasteiger charge is -2.20. The number of carbonyl (C=O) groups is 1. The highest BCUT2D eigenvalue weighted by atomic mass is 16.1. The van der Waals surface area contributed by atoms with Crippen LogP contribution in [-0.2, 0) is 4.79 Å². The molecule has 1 heterocycles. The van der Waals surface area contributed by atoms with Gasteiger partial charge < -0.3 is 16.0 Å². The van der Waals surface area contributed by atoms with E-state index in [4.69, 9.17) is 5.73 Å². The van der Waals surface area contributed by atoms with E-state index in [2.05, 4.69) is 17.1 Å². The zero-order valence-corrected chi connectivity index (χ0v) is 9.67. The summed E-state index contributed by atoms with van der Waals surface area (Å²) in [5, 5.41) is 3.26. The van der Waals surface area contributed by atoms with E-state index >= 15 is 0 Å². The summed E-state index contributed by atoms with van der Waals surface area (Å²) in [5.41, 5.74) is 5.05. The molecule has 0 aliphatic carbocycles. The van der Waals surface area contributed by atoms with Gasteiger partial charge in [-0.05, 0) is 38.4 Å². The first-order valence-corrected chi connectivity index (χ1v) is 5.90. The predicted molar refractivity (Wildman–Crippen MR) is 61.5 cm³/mol. The van der Waals surface area contributed by atoms with Crippen molar-refractivity contribution >= 4 is 5.91 Å². The largest absolute Gasteiger partial charge is 0.370 e. The van der Waals surface area contributed by atoms with Gasteiger partial charge in [0, 0.05) is 19.5 Å². The van der Waals surface area contributed by atoms with E-state index in [1.54, 1.807) is 0 Å². The van der Waals surface area contributed by atoms with Gasteiger partial charge in [-0.25, -0.2) is 0 Å². The molecule has 1 saturated heterocycles. The van der Waals surface area contributed by atoms with Crippen molar-refractivity contribution in [2.45, 2.75) is 26.2 Å². The topological polar surface area (TPSA) is 58.4 Å². The fourth-order valence-electron chi connectivity index (χ4n) is 2.03. The Morgan fingerprint density at radius 2 is 2.13 bits per heavy atom. The summed E-state index contributed by atoms with van der Waals surface area (Å²) >= 11 is 0. The summed E-state index contributed by atoms with van der Waals surface area (Å²) in [5.74, 6) is 0.422. The lowest BCUT2D eigenvalue weighted by atomic mass is 10.1. The summed E-state index contributed by atoms with van der Waals surface area (Å²) < 4.78 is 0. The van der Waals surface area contributed by atoms with Crippen molar-refractivity contribution in [2.24, 2.45) is 11.7 Å². The summed E-state index contributed by atoms with van der Waals surface area (Å²) in [6, 6.07) is 0. The molecule has 0 aromatic carbocycles. The highest BCUT2D eigenvalue weighted by Crippen LogP contribution is 2.09. The van der Waals surface area contributed by atoms with Crippen molar-refractivity contribution in [2.75, 3.05) is 32.7 Å². The Labute approximate surface area is 92.2 Å². The third kappa shape index (κ3) is 5.74. The molecule has 1 aliphatic heterocycles. The van der Waals surface area contributed by atoms with Crippen molar-refractivity contribution in [3.63, 3.8) is 0 Å². The van der Waals surface area contributed by atoms with Gasteiger partial charge in [0.25, 0.3) is 0 Å². The molecule has 4 nitrogen and oxygen atoms in total. The van der Waals surface area contributed by atoms with Crippen molar-refractivity contribution < 1.29 is 4.79 Å². The molecular formula is C11H23N3O. The van der Waals surface area contributed by atoms with E-state index in [0.29, 0.717) is 18.9 Å². The average molecular weight is 213 g/mol. The Morgan fingerprint density at radius 3 is 2.73 bits per heavy atom. The quantitative estimate of drug-likeness (QED) is 0.593. The molecule has 15 heavy (non-hydrogen) atoms. The van der Waals surface area contributed by atoms with Crippen LogP contribution in [0.4, 0.5) is 0 Å². The Kier molecular flexibility index (Phi) is 5.65. The van der Waals surface area contributed by atoms with Crippen LogP contribution in [-0.4, -0.2) is 43.5 Å². The van der Waals surface area contributed by atoms with Crippen LogP contribution in [0.25, 0.3) is 0 Å². The number of likely N-dealkylation sites (tertiary alicyclic amines) is 1. The second-order valence-electron chi connectivity index (χ2n) is 4.53. The smallest absolute Gasteiger partial charge is 0.218 e. The van der Waals surface area contributed by atoms with Crippen LogP contribution >= 0.6 is 0 Å². The molecule has 4 heteroatoms. The minimum absolute atomic E-state index is 0.227. The van der Waals surface area contributed by atoms with Gasteiger partial charge in [0.05, 0.1) is 0 Å². The molecule has 1 amide bonds. The molecule has 88 valence electrons. The van der Waals surface area contributed by atoms with Crippen molar-refractivity contribution in [3.05, 3.63) is 0 Å². The number of primary amides is 1. The van der Waals surface area contributed by atoms with Crippen LogP contribution in [0.3, 0.4) is 0 Å². The lowest BCUT2D eigenvalue weighted by molar-refractivity contribution is -0.117. The van der Waals surface area contributed by atoms with Crippen LogP contribution in [0.2, 0.25) is 0 Å². The summed E-state index contributed by atoms with van der Waals surface area (Å²) in [4.78, 5) is 13.0. The Bertz CT molecular complexity index is 190. The van der Waals surface area contributed by atoms with Crippen LogP contribution < -0.4 is 11.1 Å². The Morgan fingerprint density at radius 1 is 1.47 bits per heavy atom. The molecule has 0 saturated carbocycles. The molecule has 1 atom stereocenters. The van der Waals surface area contributed by atoms with Gasteiger partial charge in [0.2, 0.25) is 5.91 Å². The number of rotatable bonds is 7. The summed E-state index contributed by atoms with van der Waals surface area (Å²) in [6.07, 6.45) is 3.14. The number of nitrogens with two attached hydrogens (primary N) is 1. The SMILES string of the molecule is CC(CNCCC(N)=O)CN1CCCC1. The van der Waals surface area contributed by atoms with Gasteiger partial charge in [-0.1, -0.05) is 6.92 Å². The molecule has 1 fully saturated rings. The third-order valence-electron chi connectivity index (χ3n) is 2.81. The minimum Gasteiger partial charge on any atom is -0.370 e. The van der Waals surface area contributed by atoms with E-state index in [0.717, 1.165) is 6.54 Å². The Balaban J connectivity index is 1.97. The first-order chi connectivity index (χ1) is 7.18. The maximum absolute atomic E-state index is 10.5. The number of nitrogens with zero attached hydrogens (tertiary/aromatic N) is 1. The lowest BCUT2D eigenvalue weighted by Crippen LogP contribution is -2.32. The first kappa shape index (κ1) is 12.5. The van der Waals surface area contributed by atoms with Gasteiger partial charge in [-0.15, -0.1) is 0 Å². The zero-order chi connectivity index (χ0) is 11.1. The molecule has 3 N–H and O–H groups in total. The maximum Gasteiger partial charge on any atom is 0.218 e. The normalized spacial score (nSPS) is 19.3. The minimum atomic E-state index is -0.227. The maximum atomic E-state index is 10.5. The molecule has 1 rings (SSSR count). The number of hydrogen-bond acceptors (Lipinski definition) is 3. The molecule has 0 bridgehead atoms. The highest BCUT2D eigenvalue weighted by molar-refractivity contribution is 5.73. The fraction of sp³-hybridized carbons (Fsp3) is 0.909. The molecule has 0 aromatic rings. The monoisotopic (exact) mass is 213 g/mol. The Hall–Kier alpha value is -0.610. The van der Waals surface area contributed by atoms with Gasteiger partial charge in [0.1, 0.15) is 0 Å². The number of carbonyl (C=O) groups excluding carboxylic acids is 1. The second kappa shape index (κ2) is 6.80. The predicted octanol–water partition coefficient (Wildman–Crippen LogP) is 0.183. The summed E-state index contributed by atoms with van der Waals surface area (Å²) in [7, 11) is 0. The molecule has 0 aromatic heterocycles. The molecular weight excluding hydrogens is 190 g/mol. The van der Waals surface area contributed by atoms with Crippen LogP contribution in [0, 0.1) is 5.92 Å². The van der Waals surface area contributed by atoms with Crippen molar-refractivity contribution in [3.8, 4) is 0 Å². The zero-order valence-electron chi connectivity index (χ0n) is 9.67. The number of amides is 1. The van der Waals surface area contributed by atoms with Crippen molar-refractivity contribution in [1.82, 2.24) is 10.2 Å². The fourth-order valence-corrected chi connectivity index (χ4v) is 2.03. The van der Waals surface area contributed by atoms with E-state index in [1.165, 1.54) is 32.5 Å². The standard InChI is InChI=1S/C11H23N3O/c1-10(8-13-5-4-11(12)15)9-14-6-2-3-7-14/h10,13H,2-9H2,1H3,(H2,12,15). The van der Waals surface area contributed by atoms with E-state index in [-0.39, 0.29) is 5.91 Å². The van der Waals surface area contributed by atoms with E-state index < -0.39 is 0 Å². The summed E-state index contributed by atoms with van der Waals surface area (Å²) in [6.45, 7) is 7.61. The first-order valence-electron chi connectivity index (χ1n) is 5.90. The average Bonchev–Trinajstić information content (AvgIpc) is 2.64. The molecule has 1 aliphatic rings.